The summed E-state index contributed by atoms with van der Waals surface area (Å²) in [5.41, 5.74) is 0.605. The normalized spacial score (nSPS) is 11.1. The minimum Gasteiger partial charge on any atom is -0.453 e. The maximum Gasteiger partial charge on any atom is 0.234 e. The van der Waals surface area contributed by atoms with E-state index in [9.17, 15) is 13.6 Å². The molecule has 2 aromatic carbocycles. The number of anilines is 1. The van der Waals surface area contributed by atoms with Gasteiger partial charge in [0.05, 0.1) is 11.4 Å². The second-order valence-corrected chi connectivity index (χ2v) is 8.23. The topological polar surface area (TPSA) is 73.0 Å². The Hall–Kier alpha value is -2.98. The second-order valence-electron chi connectivity index (χ2n) is 6.44. The standard InChI is InChI=1S/C21H15BrF2N4O2S/c1-2-7-28-20(17-8-12-5-3-4-6-16(12)30-17)26-27-21(28)31-11-18(29)25-19-14(22)9-13(23)10-15(19)24/h2-6,8-10H,1,7,11H2,(H,25,29). The smallest absolute Gasteiger partial charge is 0.234 e. The summed E-state index contributed by atoms with van der Waals surface area (Å²) in [6, 6.07) is 11.2. The molecule has 0 aliphatic rings. The van der Waals surface area contributed by atoms with E-state index >= 15 is 0 Å². The van der Waals surface area contributed by atoms with E-state index in [0.717, 1.165) is 28.8 Å². The van der Waals surface area contributed by atoms with Gasteiger partial charge in [0.1, 0.15) is 11.4 Å². The molecule has 0 atom stereocenters. The fourth-order valence-electron chi connectivity index (χ4n) is 2.93. The summed E-state index contributed by atoms with van der Waals surface area (Å²) < 4.78 is 34.9. The van der Waals surface area contributed by atoms with E-state index in [0.29, 0.717) is 29.4 Å². The van der Waals surface area contributed by atoms with E-state index in [2.05, 4.69) is 38.0 Å². The van der Waals surface area contributed by atoms with Gasteiger partial charge >= 0.3 is 0 Å². The summed E-state index contributed by atoms with van der Waals surface area (Å²) >= 11 is 4.18. The highest BCUT2D eigenvalue weighted by Gasteiger charge is 2.19. The number of fused-ring (bicyclic) bond motifs is 1. The molecule has 10 heteroatoms. The minimum absolute atomic E-state index is 0.0569. The van der Waals surface area contributed by atoms with Gasteiger partial charge in [-0.3, -0.25) is 9.36 Å². The molecule has 0 fully saturated rings. The van der Waals surface area contributed by atoms with Crippen molar-refractivity contribution < 1.29 is 18.0 Å². The number of allylic oxidation sites excluding steroid dienone is 1. The Labute approximate surface area is 188 Å². The number of hydrogen-bond donors (Lipinski definition) is 1. The van der Waals surface area contributed by atoms with Crippen molar-refractivity contribution in [1.82, 2.24) is 14.8 Å². The first-order valence-electron chi connectivity index (χ1n) is 9.06. The Bertz CT molecular complexity index is 1230. The van der Waals surface area contributed by atoms with Gasteiger partial charge in [-0.2, -0.15) is 0 Å². The molecule has 0 bridgehead atoms. The zero-order valence-corrected chi connectivity index (χ0v) is 18.3. The monoisotopic (exact) mass is 504 g/mol. The average molecular weight is 505 g/mol. The van der Waals surface area contributed by atoms with Crippen LogP contribution in [0.15, 0.2) is 69.2 Å². The third-order valence-corrected chi connectivity index (χ3v) is 5.87. The molecule has 1 amide bonds. The minimum atomic E-state index is -0.868. The molecule has 0 saturated carbocycles. The summed E-state index contributed by atoms with van der Waals surface area (Å²) in [5.74, 6) is -1.09. The number of rotatable bonds is 7. The van der Waals surface area contributed by atoms with Crippen LogP contribution in [-0.4, -0.2) is 26.4 Å². The number of hydrogen-bond acceptors (Lipinski definition) is 5. The number of nitrogens with one attached hydrogen (secondary N) is 1. The molecule has 0 aliphatic heterocycles. The number of carbonyl (C=O) groups excluding carboxylic acids is 1. The highest BCUT2D eigenvalue weighted by atomic mass is 79.9. The van der Waals surface area contributed by atoms with Crippen LogP contribution in [0.1, 0.15) is 0 Å². The van der Waals surface area contributed by atoms with Gasteiger partial charge in [-0.25, -0.2) is 8.78 Å². The average Bonchev–Trinajstić information content (AvgIpc) is 3.33. The van der Waals surface area contributed by atoms with Crippen LogP contribution in [0.25, 0.3) is 22.6 Å². The van der Waals surface area contributed by atoms with Gasteiger partial charge in [0.15, 0.2) is 16.7 Å². The number of para-hydroxylation sites is 1. The first kappa shape index (κ1) is 21.3. The molecule has 4 rings (SSSR count). The quantitative estimate of drug-likeness (QED) is 0.260. The number of furan rings is 1. The first-order chi connectivity index (χ1) is 15.0. The molecular formula is C21H15BrF2N4O2S. The van der Waals surface area contributed by atoms with Crippen molar-refractivity contribution >= 4 is 50.3 Å². The lowest BCUT2D eigenvalue weighted by Crippen LogP contribution is -2.16. The lowest BCUT2D eigenvalue weighted by atomic mass is 10.2. The number of thioether (sulfide) groups is 1. The summed E-state index contributed by atoms with van der Waals surface area (Å²) in [5, 5.41) is 12.2. The molecule has 2 heterocycles. The summed E-state index contributed by atoms with van der Waals surface area (Å²) in [4.78, 5) is 12.3. The van der Waals surface area contributed by atoms with Crippen molar-refractivity contribution in [3.63, 3.8) is 0 Å². The van der Waals surface area contributed by atoms with E-state index in [4.69, 9.17) is 4.42 Å². The van der Waals surface area contributed by atoms with E-state index in [1.54, 1.807) is 10.6 Å². The number of aromatic nitrogens is 3. The highest BCUT2D eigenvalue weighted by Crippen LogP contribution is 2.30. The Balaban J connectivity index is 1.52. The molecule has 0 aliphatic carbocycles. The number of amides is 1. The van der Waals surface area contributed by atoms with E-state index < -0.39 is 17.5 Å². The van der Waals surface area contributed by atoms with Gasteiger partial charge in [-0.05, 0) is 34.1 Å². The molecule has 158 valence electrons. The third kappa shape index (κ3) is 4.54. The van der Waals surface area contributed by atoms with Crippen LogP contribution in [-0.2, 0) is 11.3 Å². The van der Waals surface area contributed by atoms with Crippen molar-refractivity contribution in [2.75, 3.05) is 11.1 Å². The van der Waals surface area contributed by atoms with E-state index in [-0.39, 0.29) is 15.9 Å². The Morgan fingerprint density at radius 3 is 2.81 bits per heavy atom. The largest absolute Gasteiger partial charge is 0.453 e. The fraction of sp³-hybridized carbons (Fsp3) is 0.0952. The number of halogens is 3. The maximum absolute atomic E-state index is 13.9. The molecule has 1 N–H and O–H groups in total. The van der Waals surface area contributed by atoms with E-state index in [1.807, 2.05) is 30.3 Å². The second kappa shape index (κ2) is 9.03. The van der Waals surface area contributed by atoms with Crippen LogP contribution < -0.4 is 5.32 Å². The molecule has 6 nitrogen and oxygen atoms in total. The lowest BCUT2D eigenvalue weighted by molar-refractivity contribution is -0.113. The molecule has 4 aromatic rings. The van der Waals surface area contributed by atoms with Gasteiger partial charge < -0.3 is 9.73 Å². The van der Waals surface area contributed by atoms with Gasteiger partial charge in [0, 0.05) is 22.5 Å². The van der Waals surface area contributed by atoms with E-state index in [1.165, 1.54) is 0 Å². The number of benzene rings is 2. The van der Waals surface area contributed by atoms with Crippen LogP contribution in [0.3, 0.4) is 0 Å². The van der Waals surface area contributed by atoms with Crippen LogP contribution in [0, 0.1) is 11.6 Å². The zero-order valence-electron chi connectivity index (χ0n) is 15.9. The Kier molecular flexibility index (Phi) is 6.19. The summed E-state index contributed by atoms with van der Waals surface area (Å²) in [6.07, 6.45) is 1.69. The molecule has 0 spiro atoms. The molecule has 31 heavy (non-hydrogen) atoms. The predicted molar refractivity (Wildman–Crippen MR) is 119 cm³/mol. The number of nitrogens with zero attached hydrogens (tertiary/aromatic N) is 3. The third-order valence-electron chi connectivity index (χ3n) is 4.28. The van der Waals surface area contributed by atoms with Crippen molar-refractivity contribution in [1.29, 1.82) is 0 Å². The maximum atomic E-state index is 13.9. The predicted octanol–water partition coefficient (Wildman–Crippen LogP) is 5.65. The molecule has 0 radical (unpaired) electrons. The fourth-order valence-corrected chi connectivity index (χ4v) is 4.19. The van der Waals surface area contributed by atoms with Crippen molar-refractivity contribution in [3.8, 4) is 11.6 Å². The summed E-state index contributed by atoms with van der Waals surface area (Å²) in [6.45, 7) is 4.16. The number of carbonyl (C=O) groups is 1. The molecular weight excluding hydrogens is 490 g/mol. The summed E-state index contributed by atoms with van der Waals surface area (Å²) in [7, 11) is 0. The van der Waals surface area contributed by atoms with Crippen LogP contribution >= 0.6 is 27.7 Å². The van der Waals surface area contributed by atoms with Crippen molar-refractivity contribution in [2.24, 2.45) is 0 Å². The molecule has 0 saturated heterocycles. The SMILES string of the molecule is C=CCn1c(SCC(=O)Nc2c(F)cc(F)cc2Br)nnc1-c1cc2ccccc2o1. The Morgan fingerprint density at radius 1 is 1.26 bits per heavy atom. The van der Waals surface area contributed by atoms with Crippen LogP contribution in [0.2, 0.25) is 0 Å². The van der Waals surface area contributed by atoms with Gasteiger partial charge in [-0.1, -0.05) is 36.0 Å². The van der Waals surface area contributed by atoms with Crippen LogP contribution in [0.5, 0.6) is 0 Å². The van der Waals surface area contributed by atoms with Crippen molar-refractivity contribution in [3.05, 3.63) is 71.2 Å². The highest BCUT2D eigenvalue weighted by molar-refractivity contribution is 9.10. The van der Waals surface area contributed by atoms with Gasteiger partial charge in [0.25, 0.3) is 0 Å². The van der Waals surface area contributed by atoms with Gasteiger partial charge in [-0.15, -0.1) is 16.8 Å². The Morgan fingerprint density at radius 2 is 2.06 bits per heavy atom. The lowest BCUT2D eigenvalue weighted by Gasteiger charge is -2.09. The molecule has 2 aromatic heterocycles. The zero-order chi connectivity index (χ0) is 22.0. The first-order valence-corrected chi connectivity index (χ1v) is 10.8. The van der Waals surface area contributed by atoms with Crippen molar-refractivity contribution in [2.45, 2.75) is 11.7 Å². The molecule has 0 unspecified atom stereocenters. The van der Waals surface area contributed by atoms with Crippen LogP contribution in [0.4, 0.5) is 14.5 Å². The van der Waals surface area contributed by atoms with Gasteiger partial charge in [0.2, 0.25) is 11.7 Å².